The molecule has 0 saturated carbocycles. The van der Waals surface area contributed by atoms with Crippen molar-refractivity contribution in [2.24, 2.45) is 16.6 Å². The van der Waals surface area contributed by atoms with Crippen molar-refractivity contribution in [3.05, 3.63) is 0 Å². The van der Waals surface area contributed by atoms with Gasteiger partial charge in [-0.2, -0.15) is 13.2 Å². The maximum Gasteiger partial charge on any atom is 0.439 e. The predicted octanol–water partition coefficient (Wildman–Crippen LogP) is 2.64. The molecule has 0 fully saturated rings. The lowest BCUT2D eigenvalue weighted by molar-refractivity contribution is -0.0558. The molecule has 6 heteroatoms. The predicted molar refractivity (Wildman–Crippen MR) is 54.4 cm³/mol. The summed E-state index contributed by atoms with van der Waals surface area (Å²) >= 11 is 0.578. The van der Waals surface area contributed by atoms with Gasteiger partial charge in [0.25, 0.3) is 0 Å². The molecule has 0 aromatic heterocycles. The number of halogens is 3. The first-order chi connectivity index (χ1) is 6.32. The lowest BCUT2D eigenvalue weighted by Crippen LogP contribution is -2.30. The monoisotopic (exact) mass is 228 g/mol. The van der Waals surface area contributed by atoms with E-state index in [1.165, 1.54) is 6.26 Å². The number of nitrogens with zero attached hydrogens (tertiary/aromatic N) is 1. The Labute approximate surface area is 86.1 Å². The Balaban J connectivity index is 4.60. The Morgan fingerprint density at radius 1 is 1.50 bits per heavy atom. The van der Waals surface area contributed by atoms with Crippen LogP contribution < -0.4 is 5.73 Å². The van der Waals surface area contributed by atoms with Crippen molar-refractivity contribution in [2.45, 2.75) is 32.6 Å². The van der Waals surface area contributed by atoms with Crippen LogP contribution in [0.15, 0.2) is 4.99 Å². The van der Waals surface area contributed by atoms with Gasteiger partial charge in [0, 0.05) is 0 Å². The van der Waals surface area contributed by atoms with Gasteiger partial charge in [-0.15, -0.1) is 11.8 Å². The molecule has 2 nitrogen and oxygen atoms in total. The van der Waals surface area contributed by atoms with E-state index in [-0.39, 0.29) is 5.92 Å². The fourth-order valence-electron chi connectivity index (χ4n) is 0.746. The minimum absolute atomic E-state index is 0.0421. The van der Waals surface area contributed by atoms with E-state index in [1.54, 1.807) is 6.92 Å². The van der Waals surface area contributed by atoms with Crippen LogP contribution in [0.25, 0.3) is 0 Å². The molecule has 0 bridgehead atoms. The van der Waals surface area contributed by atoms with Gasteiger partial charge in [-0.05, 0) is 12.2 Å². The second kappa shape index (κ2) is 5.60. The minimum Gasteiger partial charge on any atom is -0.310 e. The Morgan fingerprint density at radius 2 is 2.00 bits per heavy atom. The molecule has 2 atom stereocenters. The first kappa shape index (κ1) is 13.8. The second-order valence-corrected chi connectivity index (χ2v) is 3.81. The molecule has 0 aliphatic rings. The summed E-state index contributed by atoms with van der Waals surface area (Å²) < 4.78 is 36.7. The van der Waals surface area contributed by atoms with Gasteiger partial charge in [-0.1, -0.05) is 20.3 Å². The lowest BCUT2D eigenvalue weighted by Gasteiger charge is -2.16. The Bertz CT molecular complexity index is 203. The molecule has 0 aromatic rings. The number of hydrogen-bond donors (Lipinski definition) is 1. The molecule has 84 valence electrons. The number of alkyl halides is 3. The van der Waals surface area contributed by atoms with Gasteiger partial charge >= 0.3 is 6.18 Å². The van der Waals surface area contributed by atoms with Crippen LogP contribution in [0.1, 0.15) is 20.3 Å². The maximum atomic E-state index is 12.2. The first-order valence-corrected chi connectivity index (χ1v) is 5.50. The van der Waals surface area contributed by atoms with Crippen molar-refractivity contribution < 1.29 is 13.2 Å². The molecule has 2 N–H and O–H groups in total. The highest BCUT2D eigenvalue weighted by molar-refractivity contribution is 8.13. The molecule has 0 aromatic carbocycles. The average Bonchev–Trinajstić information content (AvgIpc) is 2.10. The van der Waals surface area contributed by atoms with E-state index in [2.05, 4.69) is 4.99 Å². The van der Waals surface area contributed by atoms with Crippen molar-refractivity contribution in [3.8, 4) is 0 Å². The highest BCUT2D eigenvalue weighted by atomic mass is 32.2. The van der Waals surface area contributed by atoms with Crippen LogP contribution in [0.3, 0.4) is 0 Å². The molecule has 0 amide bonds. The Kier molecular flexibility index (Phi) is 5.51. The molecular formula is C8H15F3N2S. The lowest BCUT2D eigenvalue weighted by atomic mass is 10.1. The van der Waals surface area contributed by atoms with Crippen molar-refractivity contribution >= 4 is 16.8 Å². The quantitative estimate of drug-likeness (QED) is 0.595. The number of nitrogens with two attached hydrogens (primary N) is 1. The van der Waals surface area contributed by atoms with E-state index in [0.29, 0.717) is 18.2 Å². The van der Waals surface area contributed by atoms with Crippen LogP contribution in [0.4, 0.5) is 13.2 Å². The van der Waals surface area contributed by atoms with Crippen LogP contribution in [0, 0.1) is 5.92 Å². The van der Waals surface area contributed by atoms with Crippen molar-refractivity contribution in [3.63, 3.8) is 0 Å². The average molecular weight is 228 g/mol. The number of thioether (sulfide) groups is 1. The van der Waals surface area contributed by atoms with Crippen LogP contribution >= 0.6 is 11.8 Å². The van der Waals surface area contributed by atoms with Gasteiger partial charge < -0.3 is 5.73 Å². The van der Waals surface area contributed by atoms with Gasteiger partial charge in [0.15, 0.2) is 5.04 Å². The van der Waals surface area contributed by atoms with E-state index < -0.39 is 17.4 Å². The zero-order valence-electron chi connectivity index (χ0n) is 8.43. The molecule has 0 heterocycles. The molecule has 0 rings (SSSR count). The summed E-state index contributed by atoms with van der Waals surface area (Å²) in [5, 5.41) is -0.856. The van der Waals surface area contributed by atoms with Crippen molar-refractivity contribution in [1.29, 1.82) is 0 Å². The molecule has 0 aliphatic carbocycles. The zero-order chi connectivity index (χ0) is 11.4. The second-order valence-electron chi connectivity index (χ2n) is 3.01. The van der Waals surface area contributed by atoms with E-state index in [4.69, 9.17) is 5.73 Å². The minimum atomic E-state index is -4.38. The fraction of sp³-hybridized carbons (Fsp3) is 0.875. The summed E-state index contributed by atoms with van der Waals surface area (Å²) in [5.41, 5.74) is 5.50. The molecule has 0 spiro atoms. The Morgan fingerprint density at radius 3 is 2.29 bits per heavy atom. The maximum absolute atomic E-state index is 12.2. The van der Waals surface area contributed by atoms with Crippen molar-refractivity contribution in [2.75, 3.05) is 6.26 Å². The Hall–Kier alpha value is -0.230. The summed E-state index contributed by atoms with van der Waals surface area (Å²) in [7, 11) is 0. The van der Waals surface area contributed by atoms with Gasteiger partial charge in [0.2, 0.25) is 0 Å². The third kappa shape index (κ3) is 4.32. The molecule has 0 aliphatic heterocycles. The molecule has 0 radical (unpaired) electrons. The van der Waals surface area contributed by atoms with Crippen LogP contribution in [-0.2, 0) is 0 Å². The van der Waals surface area contributed by atoms with Crippen LogP contribution in [0.2, 0.25) is 0 Å². The van der Waals surface area contributed by atoms with Gasteiger partial charge in [-0.25, -0.2) is 0 Å². The third-order valence-corrected chi connectivity index (χ3v) is 2.65. The number of hydrogen-bond acceptors (Lipinski definition) is 3. The standard InChI is InChI=1S/C8H15F3N2S/c1-4-5(2)6(12)13-7(14-3)8(9,10)11/h5-6H,4,12H2,1-3H3. The highest BCUT2D eigenvalue weighted by Gasteiger charge is 2.35. The first-order valence-electron chi connectivity index (χ1n) is 4.27. The van der Waals surface area contributed by atoms with E-state index in [1.807, 2.05) is 6.92 Å². The van der Waals surface area contributed by atoms with Gasteiger partial charge in [0.1, 0.15) is 6.17 Å². The normalized spacial score (nSPS) is 18.1. The van der Waals surface area contributed by atoms with Gasteiger partial charge in [-0.3, -0.25) is 4.99 Å². The topological polar surface area (TPSA) is 38.4 Å². The van der Waals surface area contributed by atoms with Crippen molar-refractivity contribution in [1.82, 2.24) is 0 Å². The molecule has 2 unspecified atom stereocenters. The van der Waals surface area contributed by atoms with E-state index in [9.17, 15) is 13.2 Å². The molecular weight excluding hydrogens is 213 g/mol. The van der Waals surface area contributed by atoms with E-state index >= 15 is 0 Å². The summed E-state index contributed by atoms with van der Waals surface area (Å²) in [6.07, 6.45) is -3.10. The van der Waals surface area contributed by atoms with E-state index in [0.717, 1.165) is 0 Å². The van der Waals surface area contributed by atoms with Crippen LogP contribution in [-0.4, -0.2) is 23.6 Å². The summed E-state index contributed by atoms with van der Waals surface area (Å²) in [5.74, 6) is -0.0421. The summed E-state index contributed by atoms with van der Waals surface area (Å²) in [4.78, 5) is 3.47. The largest absolute Gasteiger partial charge is 0.439 e. The number of rotatable bonds is 3. The zero-order valence-corrected chi connectivity index (χ0v) is 9.25. The molecule has 14 heavy (non-hydrogen) atoms. The highest BCUT2D eigenvalue weighted by Crippen LogP contribution is 2.24. The smallest absolute Gasteiger partial charge is 0.310 e. The summed E-state index contributed by atoms with van der Waals surface area (Å²) in [6.45, 7) is 3.65. The molecule has 0 saturated heterocycles. The number of aliphatic imine (C=N–C) groups is 1. The SMILES string of the molecule is CCC(C)C(N)N=C(SC)C(F)(F)F. The van der Waals surface area contributed by atoms with Gasteiger partial charge in [0.05, 0.1) is 0 Å². The third-order valence-electron chi connectivity index (χ3n) is 1.93. The fourth-order valence-corrected chi connectivity index (χ4v) is 1.20. The van der Waals surface area contributed by atoms with Crippen LogP contribution in [0.5, 0.6) is 0 Å². The summed E-state index contributed by atoms with van der Waals surface area (Å²) in [6, 6.07) is 0.